The van der Waals surface area contributed by atoms with Gasteiger partial charge in [-0.2, -0.15) is 0 Å². The van der Waals surface area contributed by atoms with E-state index in [0.29, 0.717) is 33.1 Å². The summed E-state index contributed by atoms with van der Waals surface area (Å²) in [6.45, 7) is 0. The molecule has 10 aromatic rings. The molecule has 0 aliphatic carbocycles. The van der Waals surface area contributed by atoms with E-state index < -0.39 is 46.0 Å². The molecule has 0 unspecified atom stereocenters. The number of fused-ring (bicyclic) bond motifs is 8. The Labute approximate surface area is 310 Å². The summed E-state index contributed by atoms with van der Waals surface area (Å²) in [6, 6.07) is 37.3. The highest BCUT2D eigenvalue weighted by Gasteiger charge is 2.33. The molecule has 9 heteroatoms. The maximum atomic E-state index is 11.8. The summed E-state index contributed by atoms with van der Waals surface area (Å²) in [5, 5.41) is 95.6. The smallest absolute Gasteiger partial charge is 0.204 e. The van der Waals surface area contributed by atoms with Gasteiger partial charge in [0.05, 0.1) is 0 Å². The quantitative estimate of drug-likeness (QED) is 0.0501. The number of phenols is 8. The Hall–Kier alpha value is -7.78. The molecule has 0 atom stereocenters. The average molecular weight is 725 g/mol. The average Bonchev–Trinajstić information content (AvgIpc) is 3.62. The molecule has 0 amide bonds. The number of phenolic OH excluding ortho intramolecular Hbond substituents is 8. The number of aromatic hydroxyl groups is 8. The molecule has 55 heavy (non-hydrogen) atoms. The maximum absolute atomic E-state index is 11.8. The van der Waals surface area contributed by atoms with Crippen LogP contribution in [0.5, 0.6) is 46.0 Å². The first-order valence-electron chi connectivity index (χ1n) is 17.3. The SMILES string of the molecule is Oc1c(O)c(O)c2c(-c3cccc4oc5c6ccccc6ccc5c34)c3c(O)c(O)c(O)c(O)c3c(-c3cccc(-c4cccc5ccccc45)c3)c2c1O. The third-order valence-electron chi connectivity index (χ3n) is 10.7. The zero-order chi connectivity index (χ0) is 37.9. The van der Waals surface area contributed by atoms with Gasteiger partial charge in [-0.1, -0.05) is 103 Å². The normalized spacial score (nSPS) is 11.9. The van der Waals surface area contributed by atoms with Gasteiger partial charge in [0.2, 0.25) is 23.0 Å². The lowest BCUT2D eigenvalue weighted by molar-refractivity contribution is 0.350. The molecular weight excluding hydrogens is 696 g/mol. The van der Waals surface area contributed by atoms with Crippen LogP contribution in [0.25, 0.3) is 98.4 Å². The third kappa shape index (κ3) is 4.29. The Morgan fingerprint density at radius 1 is 0.327 bits per heavy atom. The van der Waals surface area contributed by atoms with Crippen LogP contribution in [0.4, 0.5) is 0 Å². The number of furan rings is 1. The predicted molar refractivity (Wildman–Crippen MR) is 213 cm³/mol. The number of benzene rings is 9. The molecule has 9 aromatic carbocycles. The number of hydrogen-bond donors (Lipinski definition) is 8. The van der Waals surface area contributed by atoms with Crippen LogP contribution in [-0.2, 0) is 0 Å². The van der Waals surface area contributed by atoms with Crippen LogP contribution in [-0.4, -0.2) is 40.9 Å². The van der Waals surface area contributed by atoms with Crippen molar-refractivity contribution in [3.05, 3.63) is 121 Å². The summed E-state index contributed by atoms with van der Waals surface area (Å²) in [6.07, 6.45) is 0. The van der Waals surface area contributed by atoms with Crippen molar-refractivity contribution in [2.75, 3.05) is 0 Å². The first kappa shape index (κ1) is 31.9. The summed E-state index contributed by atoms with van der Waals surface area (Å²) >= 11 is 0. The highest BCUT2D eigenvalue weighted by molar-refractivity contribution is 6.32. The predicted octanol–water partition coefficient (Wildman–Crippen LogP) is 10.8. The zero-order valence-electron chi connectivity index (χ0n) is 28.5. The molecule has 0 spiro atoms. The van der Waals surface area contributed by atoms with Gasteiger partial charge in [0.1, 0.15) is 11.2 Å². The molecule has 0 bridgehead atoms. The summed E-state index contributed by atoms with van der Waals surface area (Å²) in [4.78, 5) is 0. The van der Waals surface area contributed by atoms with Crippen LogP contribution >= 0.6 is 0 Å². The number of rotatable bonds is 3. The van der Waals surface area contributed by atoms with Crippen molar-refractivity contribution in [3.63, 3.8) is 0 Å². The highest BCUT2D eigenvalue weighted by atomic mass is 16.4. The second-order valence-corrected chi connectivity index (χ2v) is 13.6. The molecule has 8 N–H and O–H groups in total. The third-order valence-corrected chi connectivity index (χ3v) is 10.7. The summed E-state index contributed by atoms with van der Waals surface area (Å²) in [7, 11) is 0. The Bertz CT molecular complexity index is 3220. The van der Waals surface area contributed by atoms with E-state index in [1.54, 1.807) is 36.4 Å². The second kappa shape index (κ2) is 11.4. The lowest BCUT2D eigenvalue weighted by Crippen LogP contribution is -1.95. The van der Waals surface area contributed by atoms with Crippen molar-refractivity contribution in [1.82, 2.24) is 0 Å². The Morgan fingerprint density at radius 3 is 1.47 bits per heavy atom. The van der Waals surface area contributed by atoms with Gasteiger partial charge < -0.3 is 45.3 Å². The summed E-state index contributed by atoms with van der Waals surface area (Å²) in [5.74, 6) is -7.54. The largest absolute Gasteiger partial charge is 0.504 e. The van der Waals surface area contributed by atoms with E-state index >= 15 is 0 Å². The molecule has 1 aromatic heterocycles. The van der Waals surface area contributed by atoms with Crippen LogP contribution < -0.4 is 0 Å². The molecule has 0 saturated heterocycles. The van der Waals surface area contributed by atoms with E-state index in [4.69, 9.17) is 4.42 Å². The second-order valence-electron chi connectivity index (χ2n) is 13.6. The van der Waals surface area contributed by atoms with E-state index in [1.807, 2.05) is 84.9 Å². The molecular formula is C46H28O9. The summed E-state index contributed by atoms with van der Waals surface area (Å²) < 4.78 is 6.42. The molecule has 266 valence electrons. The van der Waals surface area contributed by atoms with E-state index in [-0.39, 0.29) is 32.7 Å². The van der Waals surface area contributed by atoms with Crippen molar-refractivity contribution >= 4 is 65.0 Å². The lowest BCUT2D eigenvalue weighted by atomic mass is 9.82. The molecule has 0 radical (unpaired) electrons. The van der Waals surface area contributed by atoms with Gasteiger partial charge in [0.25, 0.3) is 0 Å². The molecule has 0 aliphatic rings. The first-order valence-corrected chi connectivity index (χ1v) is 17.3. The zero-order valence-corrected chi connectivity index (χ0v) is 28.5. The topological polar surface area (TPSA) is 175 Å². The molecule has 0 saturated carbocycles. The van der Waals surface area contributed by atoms with Gasteiger partial charge in [0.15, 0.2) is 23.0 Å². The van der Waals surface area contributed by atoms with Crippen LogP contribution in [0.15, 0.2) is 126 Å². The van der Waals surface area contributed by atoms with E-state index in [0.717, 1.165) is 32.7 Å². The monoisotopic (exact) mass is 724 g/mol. The Balaban J connectivity index is 1.42. The number of hydrogen-bond acceptors (Lipinski definition) is 9. The van der Waals surface area contributed by atoms with Gasteiger partial charge >= 0.3 is 0 Å². The van der Waals surface area contributed by atoms with Crippen molar-refractivity contribution < 1.29 is 45.3 Å². The van der Waals surface area contributed by atoms with Crippen LogP contribution in [0.2, 0.25) is 0 Å². The first-order chi connectivity index (χ1) is 26.7. The van der Waals surface area contributed by atoms with E-state index in [9.17, 15) is 40.9 Å². The van der Waals surface area contributed by atoms with Gasteiger partial charge in [-0.25, -0.2) is 0 Å². The highest BCUT2D eigenvalue weighted by Crippen LogP contribution is 2.62. The lowest BCUT2D eigenvalue weighted by Gasteiger charge is -2.23. The fourth-order valence-corrected chi connectivity index (χ4v) is 8.26. The van der Waals surface area contributed by atoms with Crippen molar-refractivity contribution in [1.29, 1.82) is 0 Å². The molecule has 9 nitrogen and oxygen atoms in total. The Kier molecular flexibility index (Phi) is 6.59. The van der Waals surface area contributed by atoms with E-state index in [1.165, 1.54) is 0 Å². The fraction of sp³-hybridized carbons (Fsp3) is 0. The van der Waals surface area contributed by atoms with Crippen molar-refractivity contribution in [2.24, 2.45) is 0 Å². The van der Waals surface area contributed by atoms with Crippen molar-refractivity contribution in [2.45, 2.75) is 0 Å². The molecule has 1 heterocycles. The van der Waals surface area contributed by atoms with Crippen molar-refractivity contribution in [3.8, 4) is 79.4 Å². The summed E-state index contributed by atoms with van der Waals surface area (Å²) in [5.41, 5.74) is 3.09. The fourth-order valence-electron chi connectivity index (χ4n) is 8.26. The molecule has 0 fully saturated rings. The van der Waals surface area contributed by atoms with E-state index in [2.05, 4.69) is 0 Å². The van der Waals surface area contributed by atoms with Crippen LogP contribution in [0, 0.1) is 0 Å². The Morgan fingerprint density at radius 2 is 0.818 bits per heavy atom. The molecule has 10 rings (SSSR count). The standard InChI is InChI=1S/C46H28O9/c47-38-34-31(24-12-5-11-23(20-24)26-15-6-10-21-8-1-3-13-25(21)26)35-37(41(50)45(54)43(52)39(35)48)33(36(34)40(49)44(53)42(38)51)28-16-7-17-30-32(28)29-19-18-22-9-2-4-14-27(22)46(29)55-30/h1-20,47-54H. The van der Waals surface area contributed by atoms with Gasteiger partial charge in [-0.3, -0.25) is 0 Å². The minimum atomic E-state index is -1.04. The van der Waals surface area contributed by atoms with Crippen LogP contribution in [0.3, 0.4) is 0 Å². The van der Waals surface area contributed by atoms with Gasteiger partial charge in [0, 0.05) is 48.8 Å². The minimum Gasteiger partial charge on any atom is -0.504 e. The van der Waals surface area contributed by atoms with Gasteiger partial charge in [-0.15, -0.1) is 0 Å². The van der Waals surface area contributed by atoms with Gasteiger partial charge in [-0.05, 0) is 56.6 Å². The van der Waals surface area contributed by atoms with Crippen LogP contribution in [0.1, 0.15) is 0 Å². The minimum absolute atomic E-state index is 0.0303. The molecule has 0 aliphatic heterocycles. The maximum Gasteiger partial charge on any atom is 0.204 e.